The second-order valence-corrected chi connectivity index (χ2v) is 8.81. The quantitative estimate of drug-likeness (QED) is 0.440. The molecule has 1 unspecified atom stereocenters. The van der Waals surface area contributed by atoms with E-state index in [1.165, 1.54) is 4.80 Å². The van der Waals surface area contributed by atoms with Crippen molar-refractivity contribution in [1.82, 2.24) is 19.9 Å². The Morgan fingerprint density at radius 3 is 2.48 bits per heavy atom. The molecule has 1 aliphatic rings. The van der Waals surface area contributed by atoms with E-state index in [1.54, 1.807) is 25.6 Å². The molecule has 2 aromatic carbocycles. The predicted molar refractivity (Wildman–Crippen MR) is 127 cm³/mol. The van der Waals surface area contributed by atoms with Gasteiger partial charge in [-0.05, 0) is 60.2 Å². The summed E-state index contributed by atoms with van der Waals surface area (Å²) in [6, 6.07) is 17.5. The lowest BCUT2D eigenvalue weighted by atomic mass is 9.90. The molecule has 1 atom stereocenters. The Balaban J connectivity index is 1.57. The molecule has 7 nitrogen and oxygen atoms in total. The number of para-hydroxylation sites is 1. The van der Waals surface area contributed by atoms with Gasteiger partial charge in [0.05, 0.1) is 31.6 Å². The zero-order chi connectivity index (χ0) is 22.9. The van der Waals surface area contributed by atoms with Crippen molar-refractivity contribution in [3.8, 4) is 17.2 Å². The van der Waals surface area contributed by atoms with Gasteiger partial charge in [0.25, 0.3) is 5.91 Å². The Morgan fingerprint density at radius 1 is 1.03 bits per heavy atom. The van der Waals surface area contributed by atoms with Crippen LogP contribution in [0.1, 0.15) is 38.2 Å². The number of aromatic nitrogens is 3. The molecule has 0 saturated heterocycles. The predicted octanol–water partition coefficient (Wildman–Crippen LogP) is 4.44. The lowest BCUT2D eigenvalue weighted by Crippen LogP contribution is -2.40. The van der Waals surface area contributed by atoms with Crippen LogP contribution in [0, 0.1) is 6.92 Å². The van der Waals surface area contributed by atoms with Crippen LogP contribution in [0.3, 0.4) is 0 Å². The number of nitrogens with zero attached hydrogens (tertiary/aromatic N) is 4. The molecule has 1 amide bonds. The second kappa shape index (κ2) is 8.71. The molecule has 0 bridgehead atoms. The van der Waals surface area contributed by atoms with Crippen molar-refractivity contribution in [2.24, 2.45) is 0 Å². The zero-order valence-electron chi connectivity index (χ0n) is 18.7. The van der Waals surface area contributed by atoms with E-state index in [0.717, 1.165) is 28.1 Å². The number of rotatable bonds is 5. The van der Waals surface area contributed by atoms with Gasteiger partial charge < -0.3 is 14.4 Å². The van der Waals surface area contributed by atoms with Gasteiger partial charge in [-0.25, -0.2) is 0 Å². The zero-order valence-corrected chi connectivity index (χ0v) is 19.5. The third kappa shape index (κ3) is 3.76. The number of thiophene rings is 1. The van der Waals surface area contributed by atoms with E-state index in [2.05, 4.69) is 16.3 Å². The van der Waals surface area contributed by atoms with Crippen LogP contribution in [-0.2, 0) is 6.42 Å². The number of benzene rings is 2. The molecule has 0 fully saturated rings. The van der Waals surface area contributed by atoms with Crippen LogP contribution >= 0.6 is 11.3 Å². The number of hydrogen-bond donors (Lipinski definition) is 0. The first-order valence-corrected chi connectivity index (χ1v) is 11.6. The minimum atomic E-state index is -0.234. The van der Waals surface area contributed by atoms with Crippen molar-refractivity contribution in [3.05, 3.63) is 87.4 Å². The Labute approximate surface area is 196 Å². The lowest BCUT2D eigenvalue weighted by Gasteiger charge is -2.37. The molecule has 5 rings (SSSR count). The smallest absolute Gasteiger partial charge is 0.277 e. The number of methoxy groups -OCH3 is 2. The summed E-state index contributed by atoms with van der Waals surface area (Å²) in [6.07, 6.45) is 0.717. The number of fused-ring (bicyclic) bond motifs is 1. The van der Waals surface area contributed by atoms with Crippen molar-refractivity contribution in [2.75, 3.05) is 20.8 Å². The van der Waals surface area contributed by atoms with E-state index in [4.69, 9.17) is 9.47 Å². The Morgan fingerprint density at radius 2 is 1.79 bits per heavy atom. The molecular formula is C25H24N4O3S. The van der Waals surface area contributed by atoms with Crippen LogP contribution in [0.5, 0.6) is 11.5 Å². The number of carbonyl (C=O) groups is 1. The highest BCUT2D eigenvalue weighted by molar-refractivity contribution is 7.10. The maximum absolute atomic E-state index is 13.8. The van der Waals surface area contributed by atoms with Crippen molar-refractivity contribution in [2.45, 2.75) is 19.4 Å². The fourth-order valence-corrected chi connectivity index (χ4v) is 5.16. The van der Waals surface area contributed by atoms with Gasteiger partial charge in [-0.2, -0.15) is 9.90 Å². The summed E-state index contributed by atoms with van der Waals surface area (Å²) in [7, 11) is 3.26. The van der Waals surface area contributed by atoms with Crippen LogP contribution in [-0.4, -0.2) is 46.6 Å². The molecule has 8 heteroatoms. The minimum Gasteiger partial charge on any atom is -0.493 e. The number of hydrogen-bond acceptors (Lipinski definition) is 6. The summed E-state index contributed by atoms with van der Waals surface area (Å²) in [6.45, 7) is 2.40. The van der Waals surface area contributed by atoms with Crippen molar-refractivity contribution in [3.63, 3.8) is 0 Å². The van der Waals surface area contributed by atoms with E-state index in [1.807, 2.05) is 65.7 Å². The molecule has 0 aliphatic carbocycles. The molecule has 0 spiro atoms. The maximum atomic E-state index is 13.8. The van der Waals surface area contributed by atoms with E-state index >= 15 is 0 Å². The van der Waals surface area contributed by atoms with E-state index in [9.17, 15) is 4.79 Å². The molecule has 4 aromatic rings. The standard InChI is InChI=1S/C25H24N4O3S/c1-16-23(27-29(26-16)18-8-5-4-6-9-18)25(30)28-12-11-17-14-20(31-2)21(32-3)15-19(17)24(28)22-10-7-13-33-22/h4-10,13-15,24H,11-12H2,1-3H3. The number of aryl methyl sites for hydroxylation is 1. The van der Waals surface area contributed by atoms with E-state index in [0.29, 0.717) is 29.4 Å². The molecule has 168 valence electrons. The highest BCUT2D eigenvalue weighted by Crippen LogP contribution is 2.42. The average Bonchev–Trinajstić information content (AvgIpc) is 3.52. The molecule has 33 heavy (non-hydrogen) atoms. The van der Waals surface area contributed by atoms with E-state index < -0.39 is 0 Å². The molecule has 3 heterocycles. The second-order valence-electron chi connectivity index (χ2n) is 7.83. The average molecular weight is 461 g/mol. The highest BCUT2D eigenvalue weighted by atomic mass is 32.1. The van der Waals surface area contributed by atoms with Crippen LogP contribution in [0.4, 0.5) is 0 Å². The summed E-state index contributed by atoms with van der Waals surface area (Å²) in [4.78, 5) is 18.3. The van der Waals surface area contributed by atoms with Crippen molar-refractivity contribution in [1.29, 1.82) is 0 Å². The summed E-state index contributed by atoms with van der Waals surface area (Å²) in [5.41, 5.74) is 3.98. The number of ether oxygens (including phenoxy) is 2. The van der Waals surface area contributed by atoms with Gasteiger partial charge in [0.1, 0.15) is 0 Å². The fourth-order valence-electron chi connectivity index (χ4n) is 4.31. The van der Waals surface area contributed by atoms with Gasteiger partial charge in [0.2, 0.25) is 0 Å². The van der Waals surface area contributed by atoms with Gasteiger partial charge in [0, 0.05) is 11.4 Å². The van der Waals surface area contributed by atoms with Crippen LogP contribution in [0.2, 0.25) is 0 Å². The monoisotopic (exact) mass is 460 g/mol. The van der Waals surface area contributed by atoms with Crippen LogP contribution in [0.15, 0.2) is 60.0 Å². The Kier molecular flexibility index (Phi) is 5.60. The van der Waals surface area contributed by atoms with Gasteiger partial charge in [0.15, 0.2) is 17.2 Å². The summed E-state index contributed by atoms with van der Waals surface area (Å²) >= 11 is 1.63. The Hall–Kier alpha value is -3.65. The summed E-state index contributed by atoms with van der Waals surface area (Å²) in [5, 5.41) is 11.1. The third-order valence-corrected chi connectivity index (χ3v) is 6.84. The molecule has 0 saturated carbocycles. The third-order valence-electron chi connectivity index (χ3n) is 5.92. The first-order chi connectivity index (χ1) is 16.1. The fraction of sp³-hybridized carbons (Fsp3) is 0.240. The normalized spacial score (nSPS) is 15.2. The summed E-state index contributed by atoms with van der Waals surface area (Å²) < 4.78 is 11.1. The van der Waals surface area contributed by atoms with Crippen LogP contribution in [0.25, 0.3) is 5.69 Å². The van der Waals surface area contributed by atoms with Gasteiger partial charge in [-0.3, -0.25) is 4.79 Å². The number of carbonyl (C=O) groups excluding carboxylic acids is 1. The minimum absolute atomic E-state index is 0.131. The lowest BCUT2D eigenvalue weighted by molar-refractivity contribution is 0.0689. The first-order valence-electron chi connectivity index (χ1n) is 10.7. The SMILES string of the molecule is COc1cc2c(cc1OC)C(c1cccs1)N(C(=O)c1nn(-c3ccccc3)nc1C)CC2. The van der Waals surface area contributed by atoms with Crippen LogP contribution < -0.4 is 9.47 Å². The Bertz CT molecular complexity index is 1280. The molecule has 0 radical (unpaired) electrons. The topological polar surface area (TPSA) is 69.5 Å². The van der Waals surface area contributed by atoms with Crippen molar-refractivity contribution >= 4 is 17.2 Å². The van der Waals surface area contributed by atoms with Gasteiger partial charge in [-0.1, -0.05) is 24.3 Å². The maximum Gasteiger partial charge on any atom is 0.277 e. The van der Waals surface area contributed by atoms with E-state index in [-0.39, 0.29) is 11.9 Å². The highest BCUT2D eigenvalue weighted by Gasteiger charge is 2.36. The van der Waals surface area contributed by atoms with Gasteiger partial charge >= 0.3 is 0 Å². The number of amides is 1. The largest absolute Gasteiger partial charge is 0.493 e. The molecule has 0 N–H and O–H groups in total. The summed E-state index contributed by atoms with van der Waals surface area (Å²) in [5.74, 6) is 1.22. The molecule has 2 aromatic heterocycles. The first kappa shape index (κ1) is 21.2. The van der Waals surface area contributed by atoms with Crippen molar-refractivity contribution < 1.29 is 14.3 Å². The van der Waals surface area contributed by atoms with Gasteiger partial charge in [-0.15, -0.1) is 16.4 Å². The molecular weight excluding hydrogens is 436 g/mol. The molecule has 1 aliphatic heterocycles.